The van der Waals surface area contributed by atoms with Gasteiger partial charge in [0, 0.05) is 6.04 Å². The first-order chi connectivity index (χ1) is 10.4. The summed E-state index contributed by atoms with van der Waals surface area (Å²) in [6.45, 7) is 0. The average molecular weight is 322 g/mol. The van der Waals surface area contributed by atoms with E-state index in [4.69, 9.17) is 0 Å². The summed E-state index contributed by atoms with van der Waals surface area (Å²) in [4.78, 5) is 26.3. The van der Waals surface area contributed by atoms with Crippen LogP contribution in [-0.2, 0) is 10.0 Å². The van der Waals surface area contributed by atoms with E-state index in [1.165, 1.54) is 4.90 Å². The highest BCUT2D eigenvalue weighted by Crippen LogP contribution is 2.31. The number of imide groups is 1. The van der Waals surface area contributed by atoms with Crippen molar-refractivity contribution in [3.8, 4) is 0 Å². The van der Waals surface area contributed by atoms with E-state index in [-0.39, 0.29) is 11.8 Å². The van der Waals surface area contributed by atoms with Gasteiger partial charge in [-0.05, 0) is 25.0 Å². The van der Waals surface area contributed by atoms with Crippen LogP contribution >= 0.6 is 0 Å². The number of nitrogens with one attached hydrogen (secondary N) is 1. The molecule has 1 unspecified atom stereocenters. The lowest BCUT2D eigenvalue weighted by atomic mass is 9.90. The molecule has 1 heterocycles. The third kappa shape index (κ3) is 2.66. The van der Waals surface area contributed by atoms with E-state index in [1.807, 2.05) is 0 Å². The van der Waals surface area contributed by atoms with Gasteiger partial charge in [0.2, 0.25) is 10.0 Å². The van der Waals surface area contributed by atoms with Crippen LogP contribution in [0, 0.1) is 0 Å². The summed E-state index contributed by atoms with van der Waals surface area (Å²) in [6.07, 6.45) is 4.11. The van der Waals surface area contributed by atoms with Gasteiger partial charge in [0.15, 0.2) is 0 Å². The van der Waals surface area contributed by atoms with Gasteiger partial charge >= 0.3 is 0 Å². The first kappa shape index (κ1) is 15.2. The standard InChI is InChI=1S/C15H18N2O4S/c1-22(20,21)16-12-8-4-5-9-13(12)17-14(18)10-6-2-3-7-11(10)15(17)19/h2-3,6-7,12-13,16H,4-5,8-9H2,1H3/t12-,13?/m1/s1. The fourth-order valence-corrected chi connectivity index (χ4v) is 4.17. The molecule has 3 rings (SSSR count). The number of benzene rings is 1. The molecule has 1 aliphatic carbocycles. The summed E-state index contributed by atoms with van der Waals surface area (Å²) >= 11 is 0. The molecule has 6 nitrogen and oxygen atoms in total. The molecule has 1 aliphatic heterocycles. The molecule has 1 N–H and O–H groups in total. The van der Waals surface area contributed by atoms with Crippen molar-refractivity contribution in [1.82, 2.24) is 9.62 Å². The Morgan fingerprint density at radius 2 is 1.59 bits per heavy atom. The van der Waals surface area contributed by atoms with Crippen molar-refractivity contribution in [2.75, 3.05) is 6.26 Å². The SMILES string of the molecule is CS(=O)(=O)N[C@@H]1CCCCC1N1C(=O)c2ccccc2C1=O. The number of fused-ring (bicyclic) bond motifs is 1. The predicted octanol–water partition coefficient (Wildman–Crippen LogP) is 1.14. The summed E-state index contributed by atoms with van der Waals surface area (Å²) in [5.74, 6) is -0.652. The van der Waals surface area contributed by atoms with Gasteiger partial charge in [-0.1, -0.05) is 25.0 Å². The minimum atomic E-state index is -3.39. The lowest BCUT2D eigenvalue weighted by molar-refractivity contribution is 0.0517. The van der Waals surface area contributed by atoms with Crippen molar-refractivity contribution < 1.29 is 18.0 Å². The quantitative estimate of drug-likeness (QED) is 0.846. The summed E-state index contributed by atoms with van der Waals surface area (Å²) in [5, 5.41) is 0. The summed E-state index contributed by atoms with van der Waals surface area (Å²) in [5.41, 5.74) is 0.798. The molecule has 1 aromatic carbocycles. The molecule has 0 bridgehead atoms. The molecule has 2 aliphatic rings. The van der Waals surface area contributed by atoms with Crippen molar-refractivity contribution in [1.29, 1.82) is 0 Å². The monoisotopic (exact) mass is 322 g/mol. The molecule has 7 heteroatoms. The van der Waals surface area contributed by atoms with E-state index in [9.17, 15) is 18.0 Å². The maximum absolute atomic E-state index is 12.5. The molecule has 1 aromatic rings. The fourth-order valence-electron chi connectivity index (χ4n) is 3.34. The molecule has 0 radical (unpaired) electrons. The molecule has 0 saturated heterocycles. The van der Waals surface area contributed by atoms with Crippen molar-refractivity contribution in [2.45, 2.75) is 37.8 Å². The molecule has 1 fully saturated rings. The van der Waals surface area contributed by atoms with E-state index in [2.05, 4.69) is 4.72 Å². The highest BCUT2D eigenvalue weighted by atomic mass is 32.2. The Labute approximate surface area is 129 Å². The first-order valence-electron chi connectivity index (χ1n) is 7.33. The van der Waals surface area contributed by atoms with Crippen LogP contribution in [0.1, 0.15) is 46.4 Å². The van der Waals surface area contributed by atoms with Gasteiger partial charge in [0.25, 0.3) is 11.8 Å². The Bertz CT molecular complexity index is 694. The van der Waals surface area contributed by atoms with Crippen LogP contribution in [0.2, 0.25) is 0 Å². The number of nitrogens with zero attached hydrogens (tertiary/aromatic N) is 1. The second-order valence-corrected chi connectivity index (χ2v) is 7.65. The van der Waals surface area contributed by atoms with Crippen molar-refractivity contribution in [3.05, 3.63) is 35.4 Å². The zero-order valence-corrected chi connectivity index (χ0v) is 13.1. The number of hydrogen-bond donors (Lipinski definition) is 1. The minimum absolute atomic E-state index is 0.326. The second-order valence-electron chi connectivity index (χ2n) is 5.87. The van der Waals surface area contributed by atoms with Crippen LogP contribution in [0.3, 0.4) is 0 Å². The number of carbonyl (C=O) groups is 2. The molecule has 2 atom stereocenters. The number of rotatable bonds is 3. The Hall–Kier alpha value is -1.73. The molecule has 0 spiro atoms. The van der Waals surface area contributed by atoms with Crippen molar-refractivity contribution in [3.63, 3.8) is 0 Å². The van der Waals surface area contributed by atoms with Crippen molar-refractivity contribution in [2.24, 2.45) is 0 Å². The van der Waals surface area contributed by atoms with Gasteiger partial charge < -0.3 is 0 Å². The van der Waals surface area contributed by atoms with Crippen LogP contribution in [0.15, 0.2) is 24.3 Å². The van der Waals surface area contributed by atoms with E-state index < -0.39 is 22.1 Å². The third-order valence-electron chi connectivity index (χ3n) is 4.25. The highest BCUT2D eigenvalue weighted by molar-refractivity contribution is 7.88. The van der Waals surface area contributed by atoms with Gasteiger partial charge in [0.1, 0.15) is 0 Å². The van der Waals surface area contributed by atoms with E-state index >= 15 is 0 Å². The number of hydrogen-bond acceptors (Lipinski definition) is 4. The van der Waals surface area contributed by atoms with Crippen LogP contribution < -0.4 is 4.72 Å². The number of amides is 2. The van der Waals surface area contributed by atoms with E-state index in [1.54, 1.807) is 24.3 Å². The molecule has 118 valence electrons. The van der Waals surface area contributed by atoms with Gasteiger partial charge in [-0.3, -0.25) is 14.5 Å². The second kappa shape index (κ2) is 5.48. The summed E-state index contributed by atoms with van der Waals surface area (Å²) in [7, 11) is -3.39. The molecule has 2 amide bonds. The van der Waals surface area contributed by atoms with Crippen LogP contribution in [0.25, 0.3) is 0 Å². The van der Waals surface area contributed by atoms with Crippen LogP contribution in [0.5, 0.6) is 0 Å². The van der Waals surface area contributed by atoms with Crippen LogP contribution in [0.4, 0.5) is 0 Å². The van der Waals surface area contributed by atoms with Gasteiger partial charge in [0.05, 0.1) is 23.4 Å². The summed E-state index contributed by atoms with van der Waals surface area (Å²) < 4.78 is 25.7. The van der Waals surface area contributed by atoms with E-state index in [0.29, 0.717) is 24.0 Å². The maximum atomic E-state index is 12.5. The number of carbonyl (C=O) groups excluding carboxylic acids is 2. The van der Waals surface area contributed by atoms with Gasteiger partial charge in [-0.2, -0.15) is 0 Å². The minimum Gasteiger partial charge on any atom is -0.270 e. The first-order valence-corrected chi connectivity index (χ1v) is 9.22. The zero-order valence-electron chi connectivity index (χ0n) is 12.3. The highest BCUT2D eigenvalue weighted by Gasteiger charge is 2.43. The van der Waals surface area contributed by atoms with Crippen molar-refractivity contribution >= 4 is 21.8 Å². The molecular weight excluding hydrogens is 304 g/mol. The fraction of sp³-hybridized carbons (Fsp3) is 0.467. The average Bonchev–Trinajstić information content (AvgIpc) is 2.71. The molecule has 22 heavy (non-hydrogen) atoms. The topological polar surface area (TPSA) is 83.6 Å². The lowest BCUT2D eigenvalue weighted by Gasteiger charge is -2.36. The third-order valence-corrected chi connectivity index (χ3v) is 4.98. The number of sulfonamides is 1. The lowest BCUT2D eigenvalue weighted by Crippen LogP contribution is -2.54. The van der Waals surface area contributed by atoms with Gasteiger partial charge in [-0.25, -0.2) is 13.1 Å². The van der Waals surface area contributed by atoms with E-state index in [0.717, 1.165) is 19.1 Å². The molecule has 0 aromatic heterocycles. The Balaban J connectivity index is 1.92. The Kier molecular flexibility index (Phi) is 3.78. The van der Waals surface area contributed by atoms with Crippen LogP contribution in [-0.4, -0.2) is 43.5 Å². The Morgan fingerprint density at radius 3 is 2.14 bits per heavy atom. The normalized spacial score (nSPS) is 25.4. The smallest absolute Gasteiger partial charge is 0.261 e. The molecular formula is C15H18N2O4S. The summed E-state index contributed by atoms with van der Waals surface area (Å²) in [6, 6.07) is 5.89. The zero-order chi connectivity index (χ0) is 15.9. The van der Waals surface area contributed by atoms with Gasteiger partial charge in [-0.15, -0.1) is 0 Å². The maximum Gasteiger partial charge on any atom is 0.261 e. The molecule has 1 saturated carbocycles. The largest absolute Gasteiger partial charge is 0.270 e. The predicted molar refractivity (Wildman–Crippen MR) is 81.0 cm³/mol. The Morgan fingerprint density at radius 1 is 1.05 bits per heavy atom.